The third-order valence-corrected chi connectivity index (χ3v) is 3.45. The highest BCUT2D eigenvalue weighted by Gasteiger charge is 2.09. The van der Waals surface area contributed by atoms with Gasteiger partial charge < -0.3 is 9.64 Å². The molecule has 0 saturated carbocycles. The van der Waals surface area contributed by atoms with Crippen LogP contribution in [-0.2, 0) is 13.6 Å². The summed E-state index contributed by atoms with van der Waals surface area (Å²) in [4.78, 5) is 2.19. The first-order chi connectivity index (χ1) is 11.2. The lowest BCUT2D eigenvalue weighted by Crippen LogP contribution is -2.22. The number of aromatic nitrogens is 4. The van der Waals surface area contributed by atoms with E-state index < -0.39 is 0 Å². The van der Waals surface area contributed by atoms with Crippen molar-refractivity contribution in [2.45, 2.75) is 13.5 Å². The molecule has 0 saturated heterocycles. The van der Waals surface area contributed by atoms with Crippen molar-refractivity contribution in [3.05, 3.63) is 60.6 Å². The van der Waals surface area contributed by atoms with Crippen LogP contribution in [0.2, 0.25) is 0 Å². The fraction of sp³-hybridized carbons (Fsp3) is 0.235. The Bertz CT molecular complexity index is 739. The number of anilines is 1. The molecule has 3 aromatic rings. The van der Waals surface area contributed by atoms with Crippen molar-refractivity contribution in [3.63, 3.8) is 0 Å². The Morgan fingerprint density at radius 3 is 2.52 bits per heavy atom. The van der Waals surface area contributed by atoms with Gasteiger partial charge in [-0.05, 0) is 25.1 Å². The Kier molecular flexibility index (Phi) is 4.52. The minimum atomic E-state index is 0.490. The molecule has 118 valence electrons. The standard InChI is InChI=1S/C17H19N5O/c1-3-22(15-11-18-21(2)13-15)12-14-9-10-17(20-19-14)23-16-7-5-4-6-8-16/h4-11,13H,3,12H2,1-2H3. The molecule has 0 radical (unpaired) electrons. The summed E-state index contributed by atoms with van der Waals surface area (Å²) in [5, 5.41) is 12.6. The van der Waals surface area contributed by atoms with Gasteiger partial charge in [0.15, 0.2) is 0 Å². The summed E-state index contributed by atoms with van der Waals surface area (Å²) < 4.78 is 7.44. The van der Waals surface area contributed by atoms with Crippen molar-refractivity contribution in [1.29, 1.82) is 0 Å². The maximum Gasteiger partial charge on any atom is 0.238 e. The summed E-state index contributed by atoms with van der Waals surface area (Å²) in [6, 6.07) is 13.3. The van der Waals surface area contributed by atoms with Crippen molar-refractivity contribution in [1.82, 2.24) is 20.0 Å². The van der Waals surface area contributed by atoms with Gasteiger partial charge in [-0.1, -0.05) is 18.2 Å². The van der Waals surface area contributed by atoms with Crippen molar-refractivity contribution in [2.24, 2.45) is 7.05 Å². The maximum absolute atomic E-state index is 5.65. The van der Waals surface area contributed by atoms with E-state index in [1.165, 1.54) is 0 Å². The fourth-order valence-electron chi connectivity index (χ4n) is 2.25. The Balaban J connectivity index is 1.67. The van der Waals surface area contributed by atoms with Crippen LogP contribution in [0.15, 0.2) is 54.9 Å². The molecule has 6 heteroatoms. The van der Waals surface area contributed by atoms with E-state index >= 15 is 0 Å². The molecule has 0 N–H and O–H groups in total. The minimum Gasteiger partial charge on any atom is -0.438 e. The van der Waals surface area contributed by atoms with E-state index in [0.29, 0.717) is 12.4 Å². The predicted octanol–water partition coefficient (Wildman–Crippen LogP) is 3.03. The zero-order chi connectivity index (χ0) is 16.1. The van der Waals surface area contributed by atoms with Crippen LogP contribution in [0, 0.1) is 0 Å². The van der Waals surface area contributed by atoms with Gasteiger partial charge in [-0.3, -0.25) is 4.68 Å². The summed E-state index contributed by atoms with van der Waals surface area (Å²) in [5.74, 6) is 1.24. The molecule has 23 heavy (non-hydrogen) atoms. The van der Waals surface area contributed by atoms with Gasteiger partial charge in [0.1, 0.15) is 5.75 Å². The zero-order valence-corrected chi connectivity index (χ0v) is 13.3. The molecule has 0 atom stereocenters. The van der Waals surface area contributed by atoms with Gasteiger partial charge in [0.2, 0.25) is 5.88 Å². The number of aryl methyl sites for hydroxylation is 1. The number of rotatable bonds is 6. The zero-order valence-electron chi connectivity index (χ0n) is 13.3. The number of nitrogens with zero attached hydrogens (tertiary/aromatic N) is 5. The van der Waals surface area contributed by atoms with Crippen LogP contribution in [0.1, 0.15) is 12.6 Å². The second-order valence-electron chi connectivity index (χ2n) is 5.16. The lowest BCUT2D eigenvalue weighted by Gasteiger charge is -2.20. The van der Waals surface area contributed by atoms with E-state index in [4.69, 9.17) is 4.74 Å². The van der Waals surface area contributed by atoms with Crippen molar-refractivity contribution < 1.29 is 4.74 Å². The maximum atomic E-state index is 5.65. The molecule has 3 rings (SSSR count). The highest BCUT2D eigenvalue weighted by molar-refractivity contribution is 5.42. The van der Waals surface area contributed by atoms with Gasteiger partial charge in [-0.15, -0.1) is 10.2 Å². The number of benzene rings is 1. The Morgan fingerprint density at radius 1 is 1.09 bits per heavy atom. The summed E-state index contributed by atoms with van der Waals surface area (Å²) in [7, 11) is 1.91. The van der Waals surface area contributed by atoms with Gasteiger partial charge in [-0.2, -0.15) is 5.10 Å². The van der Waals surface area contributed by atoms with Crippen molar-refractivity contribution >= 4 is 5.69 Å². The van der Waals surface area contributed by atoms with Crippen LogP contribution in [0.25, 0.3) is 0 Å². The van der Waals surface area contributed by atoms with Gasteiger partial charge in [0.25, 0.3) is 0 Å². The van der Waals surface area contributed by atoms with E-state index in [0.717, 1.165) is 23.7 Å². The first-order valence-corrected chi connectivity index (χ1v) is 7.53. The second-order valence-corrected chi connectivity index (χ2v) is 5.16. The molecule has 0 unspecified atom stereocenters. The molecule has 2 heterocycles. The lowest BCUT2D eigenvalue weighted by atomic mass is 10.3. The number of para-hydroxylation sites is 1. The van der Waals surface area contributed by atoms with E-state index in [2.05, 4.69) is 27.1 Å². The van der Waals surface area contributed by atoms with Gasteiger partial charge >= 0.3 is 0 Å². The lowest BCUT2D eigenvalue weighted by molar-refractivity contribution is 0.453. The molecule has 0 amide bonds. The Hall–Kier alpha value is -2.89. The molecule has 1 aromatic carbocycles. The first-order valence-electron chi connectivity index (χ1n) is 7.53. The topological polar surface area (TPSA) is 56.1 Å². The minimum absolute atomic E-state index is 0.490. The molecule has 0 aliphatic carbocycles. The molecule has 0 aliphatic heterocycles. The average Bonchev–Trinajstić information content (AvgIpc) is 3.01. The molecule has 0 fully saturated rings. The summed E-state index contributed by atoms with van der Waals surface area (Å²) in [6.45, 7) is 3.66. The molecule has 2 aromatic heterocycles. The largest absolute Gasteiger partial charge is 0.438 e. The summed E-state index contributed by atoms with van der Waals surface area (Å²) in [5.41, 5.74) is 1.96. The average molecular weight is 309 g/mol. The van der Waals surface area contributed by atoms with Crippen LogP contribution in [0.4, 0.5) is 5.69 Å². The summed E-state index contributed by atoms with van der Waals surface area (Å²) >= 11 is 0. The predicted molar refractivity (Wildman–Crippen MR) is 88.5 cm³/mol. The highest BCUT2D eigenvalue weighted by Crippen LogP contribution is 2.19. The van der Waals surface area contributed by atoms with E-state index in [1.807, 2.05) is 61.9 Å². The van der Waals surface area contributed by atoms with Crippen LogP contribution >= 0.6 is 0 Å². The third kappa shape index (κ3) is 3.85. The van der Waals surface area contributed by atoms with Crippen LogP contribution in [-0.4, -0.2) is 26.5 Å². The van der Waals surface area contributed by atoms with Crippen molar-refractivity contribution in [2.75, 3.05) is 11.4 Å². The van der Waals surface area contributed by atoms with Crippen molar-refractivity contribution in [3.8, 4) is 11.6 Å². The van der Waals surface area contributed by atoms with Gasteiger partial charge in [0.05, 0.1) is 24.1 Å². The number of ether oxygens (including phenoxy) is 1. The normalized spacial score (nSPS) is 10.5. The SMILES string of the molecule is CCN(Cc1ccc(Oc2ccccc2)nn1)c1cnn(C)c1. The summed E-state index contributed by atoms with van der Waals surface area (Å²) in [6.07, 6.45) is 3.84. The van der Waals surface area contributed by atoms with E-state index in [9.17, 15) is 0 Å². The fourth-order valence-corrected chi connectivity index (χ4v) is 2.25. The molecular weight excluding hydrogens is 290 g/mol. The molecule has 6 nitrogen and oxygen atoms in total. The smallest absolute Gasteiger partial charge is 0.238 e. The van der Waals surface area contributed by atoms with E-state index in [1.54, 1.807) is 4.68 Å². The second kappa shape index (κ2) is 6.91. The molecule has 0 aliphatic rings. The highest BCUT2D eigenvalue weighted by atomic mass is 16.5. The Morgan fingerprint density at radius 2 is 1.91 bits per heavy atom. The molecule has 0 spiro atoms. The van der Waals surface area contributed by atoms with Gasteiger partial charge in [-0.25, -0.2) is 0 Å². The first kappa shape index (κ1) is 15.0. The quantitative estimate of drug-likeness (QED) is 0.700. The number of hydrogen-bond acceptors (Lipinski definition) is 5. The molecular formula is C17H19N5O. The third-order valence-electron chi connectivity index (χ3n) is 3.45. The van der Waals surface area contributed by atoms with Crippen LogP contribution < -0.4 is 9.64 Å². The Labute approximate surface area is 135 Å². The number of hydrogen-bond donors (Lipinski definition) is 0. The molecule has 0 bridgehead atoms. The van der Waals surface area contributed by atoms with Crippen LogP contribution in [0.3, 0.4) is 0 Å². The monoisotopic (exact) mass is 309 g/mol. The van der Waals surface area contributed by atoms with Crippen LogP contribution in [0.5, 0.6) is 11.6 Å². The van der Waals surface area contributed by atoms with Gasteiger partial charge in [0, 0.05) is 25.9 Å². The van der Waals surface area contributed by atoms with E-state index in [-0.39, 0.29) is 0 Å².